The van der Waals surface area contributed by atoms with Gasteiger partial charge in [-0.05, 0) is 18.9 Å². The van der Waals surface area contributed by atoms with Gasteiger partial charge in [0.2, 0.25) is 0 Å². The molecule has 2 nitrogen and oxygen atoms in total. The maximum Gasteiger partial charge on any atom is 0.142 e. The molecule has 0 bridgehead atoms. The van der Waals surface area contributed by atoms with Gasteiger partial charge in [0, 0.05) is 13.7 Å². The van der Waals surface area contributed by atoms with Crippen LogP contribution in [0.2, 0.25) is 0 Å². The normalized spacial score (nSPS) is 10.3. The van der Waals surface area contributed by atoms with E-state index in [1.165, 1.54) is 6.08 Å². The Morgan fingerprint density at radius 3 is 2.89 bits per heavy atom. The first-order valence-electron chi connectivity index (χ1n) is 3.01. The van der Waals surface area contributed by atoms with Crippen molar-refractivity contribution in [2.75, 3.05) is 13.7 Å². The van der Waals surface area contributed by atoms with Crippen LogP contribution in [0.1, 0.15) is 12.8 Å². The highest BCUT2D eigenvalue weighted by atomic mass is 16.5. The Morgan fingerprint density at radius 2 is 2.33 bits per heavy atom. The number of hydrogen-bond donors (Lipinski definition) is 0. The SMILES string of the molecule is COCCCC=CC=O. The second kappa shape index (κ2) is 7.37. The van der Waals surface area contributed by atoms with E-state index in [0.717, 1.165) is 25.7 Å². The molecule has 0 aromatic carbocycles. The van der Waals surface area contributed by atoms with Crippen LogP contribution in [0.5, 0.6) is 0 Å². The zero-order chi connectivity index (χ0) is 6.95. The zero-order valence-corrected chi connectivity index (χ0v) is 5.67. The summed E-state index contributed by atoms with van der Waals surface area (Å²) in [6.45, 7) is 0.767. The van der Waals surface area contributed by atoms with Gasteiger partial charge < -0.3 is 4.74 Å². The van der Waals surface area contributed by atoms with Crippen LogP contribution < -0.4 is 0 Å². The van der Waals surface area contributed by atoms with E-state index in [1.807, 2.05) is 6.08 Å². The van der Waals surface area contributed by atoms with Gasteiger partial charge in [-0.3, -0.25) is 4.79 Å². The molecule has 0 aliphatic heterocycles. The summed E-state index contributed by atoms with van der Waals surface area (Å²) in [4.78, 5) is 9.72. The van der Waals surface area contributed by atoms with Gasteiger partial charge in [-0.1, -0.05) is 6.08 Å². The number of carbonyl (C=O) groups excluding carboxylic acids is 1. The van der Waals surface area contributed by atoms with Gasteiger partial charge in [-0.2, -0.15) is 0 Å². The minimum absolute atomic E-state index is 0.767. The van der Waals surface area contributed by atoms with Crippen LogP contribution >= 0.6 is 0 Å². The van der Waals surface area contributed by atoms with Crippen LogP contribution in [0, 0.1) is 0 Å². The highest BCUT2D eigenvalue weighted by molar-refractivity contribution is 5.64. The van der Waals surface area contributed by atoms with Crippen LogP contribution in [0.4, 0.5) is 0 Å². The third-order valence-electron chi connectivity index (χ3n) is 0.934. The molecular weight excluding hydrogens is 116 g/mol. The molecule has 0 N–H and O–H groups in total. The van der Waals surface area contributed by atoms with Gasteiger partial charge >= 0.3 is 0 Å². The summed E-state index contributed by atoms with van der Waals surface area (Å²) in [5.41, 5.74) is 0. The van der Waals surface area contributed by atoms with Crippen LogP contribution in [0.25, 0.3) is 0 Å². The molecule has 0 aliphatic rings. The largest absolute Gasteiger partial charge is 0.385 e. The lowest BCUT2D eigenvalue weighted by atomic mass is 10.3. The van der Waals surface area contributed by atoms with Crippen molar-refractivity contribution in [1.29, 1.82) is 0 Å². The lowest BCUT2D eigenvalue weighted by Crippen LogP contribution is -1.85. The van der Waals surface area contributed by atoms with Crippen molar-refractivity contribution in [3.63, 3.8) is 0 Å². The van der Waals surface area contributed by atoms with E-state index in [4.69, 9.17) is 4.74 Å². The topological polar surface area (TPSA) is 26.3 Å². The number of unbranched alkanes of at least 4 members (excludes halogenated alkanes) is 1. The first-order chi connectivity index (χ1) is 4.41. The molecule has 0 aromatic heterocycles. The Morgan fingerprint density at radius 1 is 1.56 bits per heavy atom. The summed E-state index contributed by atoms with van der Waals surface area (Å²) in [6.07, 6.45) is 6.04. The van der Waals surface area contributed by atoms with Crippen molar-refractivity contribution in [2.24, 2.45) is 0 Å². The predicted molar refractivity (Wildman–Crippen MR) is 36.3 cm³/mol. The molecule has 9 heavy (non-hydrogen) atoms. The molecule has 0 heterocycles. The Labute approximate surface area is 55.5 Å². The average molecular weight is 128 g/mol. The molecule has 0 aromatic rings. The van der Waals surface area contributed by atoms with Crippen molar-refractivity contribution in [3.05, 3.63) is 12.2 Å². The molecule has 0 atom stereocenters. The number of hydrogen-bond acceptors (Lipinski definition) is 2. The average Bonchev–Trinajstić information content (AvgIpc) is 1.89. The summed E-state index contributed by atoms with van der Waals surface area (Å²) in [7, 11) is 1.67. The van der Waals surface area contributed by atoms with Gasteiger partial charge in [0.15, 0.2) is 0 Å². The first-order valence-corrected chi connectivity index (χ1v) is 3.01. The summed E-state index contributed by atoms with van der Waals surface area (Å²) in [5.74, 6) is 0. The van der Waals surface area contributed by atoms with Crippen LogP contribution in [0.3, 0.4) is 0 Å². The van der Waals surface area contributed by atoms with Crippen molar-refractivity contribution in [1.82, 2.24) is 0 Å². The van der Waals surface area contributed by atoms with Gasteiger partial charge in [0.1, 0.15) is 6.29 Å². The molecule has 0 saturated heterocycles. The molecule has 0 rings (SSSR count). The first kappa shape index (κ1) is 8.37. The molecule has 0 saturated carbocycles. The molecule has 0 aliphatic carbocycles. The second-order valence-corrected chi connectivity index (χ2v) is 1.70. The van der Waals surface area contributed by atoms with Crippen LogP contribution in [-0.2, 0) is 9.53 Å². The fourth-order valence-electron chi connectivity index (χ4n) is 0.497. The molecule has 0 radical (unpaired) electrons. The van der Waals surface area contributed by atoms with E-state index in [2.05, 4.69) is 0 Å². The van der Waals surface area contributed by atoms with E-state index in [-0.39, 0.29) is 0 Å². The highest BCUT2D eigenvalue weighted by Crippen LogP contribution is 1.89. The predicted octanol–water partition coefficient (Wildman–Crippen LogP) is 1.17. The molecular formula is C7H12O2. The second-order valence-electron chi connectivity index (χ2n) is 1.70. The molecule has 0 spiro atoms. The standard InChI is InChI=1S/C7H12O2/c1-9-7-5-3-2-4-6-8/h2,4,6H,3,5,7H2,1H3. The third kappa shape index (κ3) is 7.37. The Kier molecular flexibility index (Phi) is 6.85. The molecule has 2 heteroatoms. The van der Waals surface area contributed by atoms with Gasteiger partial charge in [0.05, 0.1) is 0 Å². The number of allylic oxidation sites excluding steroid dienone is 2. The van der Waals surface area contributed by atoms with Gasteiger partial charge in [-0.25, -0.2) is 0 Å². The van der Waals surface area contributed by atoms with E-state index in [1.54, 1.807) is 7.11 Å². The van der Waals surface area contributed by atoms with Crippen LogP contribution in [-0.4, -0.2) is 20.0 Å². The van der Waals surface area contributed by atoms with E-state index >= 15 is 0 Å². The zero-order valence-electron chi connectivity index (χ0n) is 5.67. The monoisotopic (exact) mass is 128 g/mol. The lowest BCUT2D eigenvalue weighted by molar-refractivity contribution is -0.104. The highest BCUT2D eigenvalue weighted by Gasteiger charge is 1.79. The summed E-state index contributed by atoms with van der Waals surface area (Å²) < 4.78 is 4.80. The maximum absolute atomic E-state index is 9.72. The van der Waals surface area contributed by atoms with Crippen molar-refractivity contribution in [2.45, 2.75) is 12.8 Å². The molecule has 52 valence electrons. The summed E-state index contributed by atoms with van der Waals surface area (Å²) in [6, 6.07) is 0. The van der Waals surface area contributed by atoms with E-state index in [9.17, 15) is 4.79 Å². The molecule has 0 fully saturated rings. The van der Waals surface area contributed by atoms with Gasteiger partial charge in [0.25, 0.3) is 0 Å². The Balaban J connectivity index is 2.90. The molecule has 0 unspecified atom stereocenters. The lowest BCUT2D eigenvalue weighted by Gasteiger charge is -1.91. The third-order valence-corrected chi connectivity index (χ3v) is 0.934. The number of carbonyl (C=O) groups is 1. The smallest absolute Gasteiger partial charge is 0.142 e. The van der Waals surface area contributed by atoms with Crippen LogP contribution in [0.15, 0.2) is 12.2 Å². The van der Waals surface area contributed by atoms with Crippen molar-refractivity contribution >= 4 is 6.29 Å². The summed E-state index contributed by atoms with van der Waals surface area (Å²) in [5, 5.41) is 0. The molecule has 0 amide bonds. The Hall–Kier alpha value is -0.630. The Bertz CT molecular complexity index is 86.9. The fraction of sp³-hybridized carbons (Fsp3) is 0.571. The minimum Gasteiger partial charge on any atom is -0.385 e. The fourth-order valence-corrected chi connectivity index (χ4v) is 0.497. The van der Waals surface area contributed by atoms with E-state index < -0.39 is 0 Å². The van der Waals surface area contributed by atoms with Crippen molar-refractivity contribution < 1.29 is 9.53 Å². The van der Waals surface area contributed by atoms with Gasteiger partial charge in [-0.15, -0.1) is 0 Å². The quantitative estimate of drug-likeness (QED) is 0.315. The number of aldehydes is 1. The summed E-state index contributed by atoms with van der Waals surface area (Å²) >= 11 is 0. The maximum atomic E-state index is 9.72. The number of methoxy groups -OCH3 is 1. The van der Waals surface area contributed by atoms with Crippen molar-refractivity contribution in [3.8, 4) is 0 Å². The number of rotatable bonds is 5. The minimum atomic E-state index is 0.767. The van der Waals surface area contributed by atoms with E-state index in [0.29, 0.717) is 0 Å². The number of ether oxygens (including phenoxy) is 1.